The van der Waals surface area contributed by atoms with Crippen molar-refractivity contribution < 1.29 is 41.6 Å². The smallest absolute Gasteiger partial charge is 0.497 e. The van der Waals surface area contributed by atoms with E-state index in [2.05, 4.69) is 116 Å². The van der Waals surface area contributed by atoms with E-state index in [1.165, 1.54) is 38.8 Å². The van der Waals surface area contributed by atoms with Crippen molar-refractivity contribution in [3.05, 3.63) is 119 Å². The Morgan fingerprint density at radius 2 is 1.24 bits per heavy atom. The van der Waals surface area contributed by atoms with Gasteiger partial charge >= 0.3 is 36.9 Å². The molecule has 0 aliphatic heterocycles. The van der Waals surface area contributed by atoms with Crippen LogP contribution in [0.2, 0.25) is 13.1 Å². The Hall–Kier alpha value is -2.27. The van der Waals surface area contributed by atoms with Gasteiger partial charge in [-0.1, -0.05) is 107 Å². The SMILES string of the molecule is COc1c(C(C)(C)C)cc(C)cc1[Si](C)(C)C1=C(C)C(C)=[C-]C1C.[CH2-]c1ccccc1N(C)C.[CH2-]c1ccccc1N(C)C.[Lu+3]. The molecule has 0 heterocycles. The summed E-state index contributed by atoms with van der Waals surface area (Å²) >= 11 is 0. The topological polar surface area (TPSA) is 15.7 Å². The number of ether oxygens (including phenoxy) is 1. The predicted molar refractivity (Wildman–Crippen MR) is 198 cm³/mol. The maximum absolute atomic E-state index is 5.99. The van der Waals surface area contributed by atoms with Gasteiger partial charge in [0.25, 0.3) is 0 Å². The van der Waals surface area contributed by atoms with Crippen molar-refractivity contribution in [2.24, 2.45) is 5.92 Å². The van der Waals surface area contributed by atoms with E-state index in [9.17, 15) is 0 Å². The molecule has 0 fully saturated rings. The Morgan fingerprint density at radius 1 is 0.800 bits per heavy atom. The van der Waals surface area contributed by atoms with Gasteiger partial charge in [0.1, 0.15) is 5.75 Å². The zero-order valence-corrected chi connectivity index (χ0v) is 33.0. The molecular formula is C40H57LuN2OSi. The van der Waals surface area contributed by atoms with Crippen molar-refractivity contribution in [3.8, 4) is 5.75 Å². The zero-order chi connectivity index (χ0) is 33.6. The molecule has 4 rings (SSSR count). The fourth-order valence-corrected chi connectivity index (χ4v) is 10.1. The minimum atomic E-state index is -1.85. The number of benzene rings is 3. The third-order valence-corrected chi connectivity index (χ3v) is 12.2. The van der Waals surface area contributed by atoms with Gasteiger partial charge in [0.15, 0.2) is 0 Å². The molecule has 3 aromatic carbocycles. The maximum atomic E-state index is 5.99. The van der Waals surface area contributed by atoms with Crippen molar-refractivity contribution in [1.29, 1.82) is 0 Å². The zero-order valence-electron chi connectivity index (χ0n) is 30.3. The van der Waals surface area contributed by atoms with Crippen molar-refractivity contribution in [2.45, 2.75) is 67.0 Å². The average Bonchev–Trinajstić information content (AvgIpc) is 3.19. The number of para-hydroxylation sites is 2. The summed E-state index contributed by atoms with van der Waals surface area (Å²) in [7, 11) is 8.04. The van der Waals surface area contributed by atoms with Gasteiger partial charge in [-0.3, -0.25) is 6.08 Å². The molecular weight excluding hydrogens is 728 g/mol. The Labute approximate surface area is 307 Å². The first-order valence-electron chi connectivity index (χ1n) is 15.5. The van der Waals surface area contributed by atoms with Crippen LogP contribution < -0.4 is 19.7 Å². The van der Waals surface area contributed by atoms with Crippen LogP contribution in [-0.4, -0.2) is 43.4 Å². The van der Waals surface area contributed by atoms with Crippen molar-refractivity contribution in [3.63, 3.8) is 0 Å². The van der Waals surface area contributed by atoms with Crippen LogP contribution in [0.1, 0.15) is 63.8 Å². The molecule has 45 heavy (non-hydrogen) atoms. The van der Waals surface area contributed by atoms with Crippen LogP contribution in [-0.2, 0) is 5.41 Å². The van der Waals surface area contributed by atoms with Gasteiger partial charge in [0.2, 0.25) is 0 Å². The van der Waals surface area contributed by atoms with E-state index in [0.29, 0.717) is 5.92 Å². The minimum Gasteiger partial charge on any atom is -0.497 e. The fourth-order valence-electron chi connectivity index (χ4n) is 6.10. The number of nitrogens with zero attached hydrogens (tertiary/aromatic N) is 2. The summed E-state index contributed by atoms with van der Waals surface area (Å²) in [5.74, 6) is 1.51. The van der Waals surface area contributed by atoms with Gasteiger partial charge in [-0.05, 0) is 51.3 Å². The molecule has 1 aliphatic carbocycles. The standard InChI is InChI=1S/C22H33OSi.2C9H12N.Lu/c1-14-11-18(22(5,6)7)20(23-8)19(12-14)24(9,10)21-16(3)13-15(2)17(21)4;2*1-8-6-4-5-7-9(8)10(2)3;/h11-12,16H,1-10H3;2*4-7H,1H2,2-3H3;/q3*-1;+3. The number of anilines is 2. The van der Waals surface area contributed by atoms with Gasteiger partial charge in [0, 0.05) is 0 Å². The molecule has 1 unspecified atom stereocenters. The third kappa shape index (κ3) is 10.4. The van der Waals surface area contributed by atoms with Crippen molar-refractivity contribution in [1.82, 2.24) is 0 Å². The molecule has 0 radical (unpaired) electrons. The first-order chi connectivity index (χ1) is 20.3. The first kappa shape index (κ1) is 40.8. The molecule has 0 bridgehead atoms. The Balaban J connectivity index is 0.000000396. The quantitative estimate of drug-likeness (QED) is 0.190. The Bertz CT molecular complexity index is 1430. The second kappa shape index (κ2) is 17.0. The molecule has 0 saturated heterocycles. The predicted octanol–water partition coefficient (Wildman–Crippen LogP) is 9.34. The molecule has 0 N–H and O–H groups in total. The molecule has 0 aromatic heterocycles. The van der Waals surface area contributed by atoms with Crippen molar-refractivity contribution >= 4 is 24.6 Å². The molecule has 5 heteroatoms. The van der Waals surface area contributed by atoms with E-state index >= 15 is 0 Å². The second-order valence-electron chi connectivity index (χ2n) is 13.8. The molecule has 252 valence electrons. The van der Waals surface area contributed by atoms with Crippen LogP contribution in [0.4, 0.5) is 11.4 Å². The number of hydrogen-bond donors (Lipinski definition) is 0. The van der Waals surface area contributed by atoms with Crippen LogP contribution >= 0.6 is 0 Å². The molecule has 1 aliphatic rings. The average molecular weight is 785 g/mol. The summed E-state index contributed by atoms with van der Waals surface area (Å²) in [5, 5.41) is 3.02. The molecule has 0 saturated carbocycles. The summed E-state index contributed by atoms with van der Waals surface area (Å²) in [6.45, 7) is 28.5. The number of aryl methyl sites for hydroxylation is 1. The molecule has 3 aromatic rings. The van der Waals surface area contributed by atoms with E-state index in [0.717, 1.165) is 16.9 Å². The summed E-state index contributed by atoms with van der Waals surface area (Å²) in [6, 6.07) is 20.8. The van der Waals surface area contributed by atoms with Crippen molar-refractivity contribution in [2.75, 3.05) is 45.1 Å². The first-order valence-corrected chi connectivity index (χ1v) is 18.5. The summed E-state index contributed by atoms with van der Waals surface area (Å²) in [4.78, 5) is 4.12. The van der Waals surface area contributed by atoms with Gasteiger partial charge < -0.3 is 14.5 Å². The number of rotatable bonds is 5. The molecule has 0 spiro atoms. The summed E-state index contributed by atoms with van der Waals surface area (Å²) in [6.07, 6.45) is 3.63. The molecule has 3 nitrogen and oxygen atoms in total. The van der Waals surface area contributed by atoms with Crippen LogP contribution in [0, 0.1) is 69.6 Å². The fraction of sp³-hybridized carbons (Fsp3) is 0.400. The second-order valence-corrected chi connectivity index (χ2v) is 18.2. The largest absolute Gasteiger partial charge is 3.00 e. The van der Waals surface area contributed by atoms with Crippen LogP contribution in [0.5, 0.6) is 5.75 Å². The molecule has 1 atom stereocenters. The van der Waals surface area contributed by atoms with E-state index < -0.39 is 8.07 Å². The number of allylic oxidation sites excluding steroid dienone is 4. The normalized spacial score (nSPS) is 14.3. The van der Waals surface area contributed by atoms with Crippen LogP contribution in [0.25, 0.3) is 0 Å². The van der Waals surface area contributed by atoms with Gasteiger partial charge in [-0.15, -0.1) is 19.1 Å². The summed E-state index contributed by atoms with van der Waals surface area (Å²) < 4.78 is 5.99. The van der Waals surface area contributed by atoms with E-state index in [-0.39, 0.29) is 42.3 Å². The van der Waals surface area contributed by atoms with E-state index in [1.54, 1.807) is 5.20 Å². The monoisotopic (exact) mass is 784 g/mol. The van der Waals surface area contributed by atoms with Gasteiger partial charge in [-0.25, -0.2) is 11.1 Å². The molecule has 0 amide bonds. The number of hydrogen-bond acceptors (Lipinski definition) is 3. The van der Waals surface area contributed by atoms with Crippen LogP contribution in [0.15, 0.2) is 77.0 Å². The maximum Gasteiger partial charge on any atom is 3.00 e. The third-order valence-electron chi connectivity index (χ3n) is 8.37. The summed E-state index contributed by atoms with van der Waals surface area (Å²) in [5.41, 5.74) is 10.00. The van der Waals surface area contributed by atoms with E-state index in [1.807, 2.05) is 71.7 Å². The van der Waals surface area contributed by atoms with Crippen LogP contribution in [0.3, 0.4) is 0 Å². The Morgan fingerprint density at radius 3 is 1.56 bits per heavy atom. The van der Waals surface area contributed by atoms with Gasteiger partial charge in [-0.2, -0.15) is 42.3 Å². The minimum absolute atomic E-state index is 0. The van der Waals surface area contributed by atoms with Gasteiger partial charge in [0.05, 0.1) is 15.2 Å². The van der Waals surface area contributed by atoms with E-state index in [4.69, 9.17) is 4.74 Å². The number of methoxy groups -OCH3 is 1. The Kier molecular flexibility index (Phi) is 15.4.